The summed E-state index contributed by atoms with van der Waals surface area (Å²) in [7, 11) is 0. The predicted molar refractivity (Wildman–Crippen MR) is 47.7 cm³/mol. The van der Waals surface area contributed by atoms with E-state index >= 15 is 0 Å². The molecule has 1 N–H and O–H groups in total. The first-order valence-electron chi connectivity index (χ1n) is 4.14. The van der Waals surface area contributed by atoms with E-state index < -0.39 is 5.60 Å². The molecule has 2 nitrogen and oxygen atoms in total. The number of aliphatic hydroxyl groups is 1. The molecule has 0 amide bonds. The Bertz CT molecular complexity index is 236. The second kappa shape index (κ2) is 3.23. The van der Waals surface area contributed by atoms with Crippen molar-refractivity contribution in [3.05, 3.63) is 24.3 Å². The standard InChI is InChI=1S/C10H14O2/c1-3-4-5-8-9(11)6-7-10(8,2)12/h3-4,6-8,12H,5H2,1-2H3/b4-3-. The number of allylic oxidation sites excluding steroid dienone is 3. The maximum absolute atomic E-state index is 11.2. The molecule has 0 aromatic carbocycles. The van der Waals surface area contributed by atoms with Crippen molar-refractivity contribution >= 4 is 5.78 Å². The van der Waals surface area contributed by atoms with E-state index in [0.29, 0.717) is 6.42 Å². The Kier molecular flexibility index (Phi) is 2.48. The fourth-order valence-electron chi connectivity index (χ4n) is 1.40. The average Bonchev–Trinajstić information content (AvgIpc) is 2.24. The molecule has 12 heavy (non-hydrogen) atoms. The second-order valence-electron chi connectivity index (χ2n) is 3.32. The first kappa shape index (κ1) is 9.20. The van der Waals surface area contributed by atoms with Crippen LogP contribution in [-0.2, 0) is 4.79 Å². The molecular weight excluding hydrogens is 152 g/mol. The van der Waals surface area contributed by atoms with Crippen molar-refractivity contribution in [2.75, 3.05) is 0 Å². The normalized spacial score (nSPS) is 35.2. The monoisotopic (exact) mass is 166 g/mol. The van der Waals surface area contributed by atoms with Crippen LogP contribution in [0.4, 0.5) is 0 Å². The highest BCUT2D eigenvalue weighted by atomic mass is 16.3. The van der Waals surface area contributed by atoms with Crippen molar-refractivity contribution in [3.8, 4) is 0 Å². The van der Waals surface area contributed by atoms with Crippen LogP contribution in [0, 0.1) is 5.92 Å². The summed E-state index contributed by atoms with van der Waals surface area (Å²) >= 11 is 0. The maximum Gasteiger partial charge on any atom is 0.162 e. The van der Waals surface area contributed by atoms with Crippen LogP contribution in [0.3, 0.4) is 0 Å². The van der Waals surface area contributed by atoms with Crippen molar-refractivity contribution in [2.24, 2.45) is 5.92 Å². The van der Waals surface area contributed by atoms with E-state index in [-0.39, 0.29) is 11.7 Å². The summed E-state index contributed by atoms with van der Waals surface area (Å²) in [5.41, 5.74) is -0.948. The van der Waals surface area contributed by atoms with Gasteiger partial charge in [-0.05, 0) is 32.4 Å². The summed E-state index contributed by atoms with van der Waals surface area (Å²) in [6.45, 7) is 3.57. The smallest absolute Gasteiger partial charge is 0.162 e. The van der Waals surface area contributed by atoms with Gasteiger partial charge >= 0.3 is 0 Å². The Morgan fingerprint density at radius 1 is 1.75 bits per heavy atom. The summed E-state index contributed by atoms with van der Waals surface area (Å²) < 4.78 is 0. The molecule has 0 fully saturated rings. The van der Waals surface area contributed by atoms with Crippen molar-refractivity contribution in [1.29, 1.82) is 0 Å². The SMILES string of the molecule is C/C=C\CC1C(=O)C=CC1(C)O. The van der Waals surface area contributed by atoms with Crippen LogP contribution in [0.25, 0.3) is 0 Å². The lowest BCUT2D eigenvalue weighted by Gasteiger charge is -2.21. The van der Waals surface area contributed by atoms with E-state index in [9.17, 15) is 9.90 Å². The van der Waals surface area contributed by atoms with Gasteiger partial charge in [0.15, 0.2) is 5.78 Å². The lowest BCUT2D eigenvalue weighted by Crippen LogP contribution is -2.31. The van der Waals surface area contributed by atoms with Gasteiger partial charge in [0.1, 0.15) is 0 Å². The van der Waals surface area contributed by atoms with Gasteiger partial charge < -0.3 is 5.11 Å². The van der Waals surface area contributed by atoms with E-state index in [0.717, 1.165) is 0 Å². The quantitative estimate of drug-likeness (QED) is 0.630. The fraction of sp³-hybridized carbons (Fsp3) is 0.500. The van der Waals surface area contributed by atoms with E-state index in [4.69, 9.17) is 0 Å². The van der Waals surface area contributed by atoms with Crippen LogP contribution in [-0.4, -0.2) is 16.5 Å². The molecule has 0 heterocycles. The molecule has 0 radical (unpaired) electrons. The molecule has 0 aromatic rings. The minimum Gasteiger partial charge on any atom is -0.385 e. The van der Waals surface area contributed by atoms with Crippen LogP contribution >= 0.6 is 0 Å². The third-order valence-electron chi connectivity index (χ3n) is 2.24. The fourth-order valence-corrected chi connectivity index (χ4v) is 1.40. The van der Waals surface area contributed by atoms with Gasteiger partial charge in [0.2, 0.25) is 0 Å². The van der Waals surface area contributed by atoms with Crippen molar-refractivity contribution in [1.82, 2.24) is 0 Å². The first-order chi connectivity index (χ1) is 5.58. The van der Waals surface area contributed by atoms with Crippen LogP contribution in [0.2, 0.25) is 0 Å². The average molecular weight is 166 g/mol. The molecule has 0 aromatic heterocycles. The zero-order valence-corrected chi connectivity index (χ0v) is 7.45. The summed E-state index contributed by atoms with van der Waals surface area (Å²) in [6, 6.07) is 0. The first-order valence-corrected chi connectivity index (χ1v) is 4.14. The highest BCUT2D eigenvalue weighted by Gasteiger charge is 2.37. The van der Waals surface area contributed by atoms with E-state index in [1.165, 1.54) is 6.08 Å². The number of carbonyl (C=O) groups excluding carboxylic acids is 1. The van der Waals surface area contributed by atoms with Gasteiger partial charge in [0.05, 0.1) is 11.5 Å². The molecule has 66 valence electrons. The lowest BCUT2D eigenvalue weighted by atomic mass is 9.89. The molecule has 1 rings (SSSR count). The highest BCUT2D eigenvalue weighted by Crippen LogP contribution is 2.29. The van der Waals surface area contributed by atoms with Crippen LogP contribution in [0.5, 0.6) is 0 Å². The Balaban J connectivity index is 2.69. The second-order valence-corrected chi connectivity index (χ2v) is 3.32. The number of carbonyl (C=O) groups is 1. The van der Waals surface area contributed by atoms with Gasteiger partial charge in [0, 0.05) is 0 Å². The molecule has 1 aliphatic carbocycles. The largest absolute Gasteiger partial charge is 0.385 e. The summed E-state index contributed by atoms with van der Waals surface area (Å²) in [6.07, 6.45) is 7.46. The number of ketones is 1. The minimum absolute atomic E-state index is 0.0260. The number of hydrogen-bond donors (Lipinski definition) is 1. The topological polar surface area (TPSA) is 37.3 Å². The molecule has 0 spiro atoms. The Morgan fingerprint density at radius 3 is 2.83 bits per heavy atom. The molecule has 0 saturated carbocycles. The van der Waals surface area contributed by atoms with E-state index in [1.807, 2.05) is 19.1 Å². The molecular formula is C10H14O2. The highest BCUT2D eigenvalue weighted by molar-refractivity contribution is 5.95. The molecule has 0 bridgehead atoms. The number of rotatable bonds is 2. The minimum atomic E-state index is -0.948. The van der Waals surface area contributed by atoms with Crippen LogP contribution < -0.4 is 0 Å². The van der Waals surface area contributed by atoms with Crippen LogP contribution in [0.1, 0.15) is 20.3 Å². The summed E-state index contributed by atoms with van der Waals surface area (Å²) in [5.74, 6) is -0.258. The van der Waals surface area contributed by atoms with Gasteiger partial charge in [-0.15, -0.1) is 0 Å². The molecule has 2 heteroatoms. The van der Waals surface area contributed by atoms with Gasteiger partial charge in [0.25, 0.3) is 0 Å². The maximum atomic E-state index is 11.2. The number of hydrogen-bond acceptors (Lipinski definition) is 2. The summed E-state index contributed by atoms with van der Waals surface area (Å²) in [5, 5.41) is 9.71. The molecule has 2 unspecified atom stereocenters. The van der Waals surface area contributed by atoms with Crippen LogP contribution in [0.15, 0.2) is 24.3 Å². The third kappa shape index (κ3) is 1.64. The molecule has 2 atom stereocenters. The van der Waals surface area contributed by atoms with Crippen molar-refractivity contribution < 1.29 is 9.90 Å². The molecule has 0 aliphatic heterocycles. The molecule has 0 saturated heterocycles. The Hall–Kier alpha value is -0.890. The van der Waals surface area contributed by atoms with Gasteiger partial charge in [-0.3, -0.25) is 4.79 Å². The van der Waals surface area contributed by atoms with E-state index in [1.54, 1.807) is 13.0 Å². The van der Waals surface area contributed by atoms with E-state index in [2.05, 4.69) is 0 Å². The zero-order valence-electron chi connectivity index (χ0n) is 7.45. The Labute approximate surface area is 72.6 Å². The summed E-state index contributed by atoms with van der Waals surface area (Å²) in [4.78, 5) is 11.2. The van der Waals surface area contributed by atoms with Crippen molar-refractivity contribution in [3.63, 3.8) is 0 Å². The lowest BCUT2D eigenvalue weighted by molar-refractivity contribution is -0.121. The zero-order chi connectivity index (χ0) is 9.19. The van der Waals surface area contributed by atoms with Gasteiger partial charge in [-0.1, -0.05) is 12.2 Å². The predicted octanol–water partition coefficient (Wildman–Crippen LogP) is 1.46. The van der Waals surface area contributed by atoms with Crippen molar-refractivity contribution in [2.45, 2.75) is 25.9 Å². The Morgan fingerprint density at radius 2 is 2.42 bits per heavy atom. The van der Waals surface area contributed by atoms with Gasteiger partial charge in [-0.25, -0.2) is 0 Å². The van der Waals surface area contributed by atoms with Gasteiger partial charge in [-0.2, -0.15) is 0 Å². The molecule has 1 aliphatic rings. The third-order valence-corrected chi connectivity index (χ3v) is 2.24.